The van der Waals surface area contributed by atoms with Gasteiger partial charge < -0.3 is 5.73 Å². The number of sulfonamides is 1. The highest BCUT2D eigenvalue weighted by atomic mass is 32.2. The number of anilines is 1. The fourth-order valence-corrected chi connectivity index (χ4v) is 4.27. The summed E-state index contributed by atoms with van der Waals surface area (Å²) in [4.78, 5) is 0.00819. The Hall–Kier alpha value is -1.14. The van der Waals surface area contributed by atoms with E-state index >= 15 is 0 Å². The molecule has 1 fully saturated rings. The summed E-state index contributed by atoms with van der Waals surface area (Å²) < 4.78 is 39.7. The highest BCUT2D eigenvalue weighted by molar-refractivity contribution is 7.89. The monoisotopic (exact) mass is 300 g/mol. The molecule has 1 unspecified atom stereocenters. The molecule has 1 aliphatic rings. The van der Waals surface area contributed by atoms with Crippen molar-refractivity contribution < 1.29 is 12.8 Å². The molecular weight excluding hydrogens is 279 g/mol. The van der Waals surface area contributed by atoms with Gasteiger partial charge in [0.2, 0.25) is 10.0 Å². The number of nitrogens with two attached hydrogens (primary N) is 1. The Bertz CT molecular complexity index is 575. The van der Waals surface area contributed by atoms with E-state index in [-0.39, 0.29) is 10.6 Å². The first kappa shape index (κ1) is 15.3. The predicted octanol–water partition coefficient (Wildman–Crippen LogP) is 2.61. The minimum absolute atomic E-state index is 0.00819. The molecule has 0 aliphatic carbocycles. The normalized spacial score (nSPS) is 21.6. The maximum absolute atomic E-state index is 13.1. The summed E-state index contributed by atoms with van der Waals surface area (Å²) >= 11 is 0. The summed E-state index contributed by atoms with van der Waals surface area (Å²) in [6, 6.07) is 3.44. The minimum Gasteiger partial charge on any atom is -0.398 e. The van der Waals surface area contributed by atoms with Gasteiger partial charge in [0.1, 0.15) is 10.7 Å². The number of nitrogens with zero attached hydrogens (tertiary/aromatic N) is 1. The lowest BCUT2D eigenvalue weighted by molar-refractivity contribution is 0.407. The van der Waals surface area contributed by atoms with Crippen LogP contribution in [0, 0.1) is 11.7 Å². The van der Waals surface area contributed by atoms with E-state index in [1.165, 1.54) is 10.4 Å². The molecule has 4 nitrogen and oxygen atoms in total. The molecular formula is C14H21FN2O2S. The predicted molar refractivity (Wildman–Crippen MR) is 77.2 cm³/mol. The van der Waals surface area contributed by atoms with Gasteiger partial charge in [0.15, 0.2) is 0 Å². The zero-order chi connectivity index (χ0) is 14.8. The molecule has 112 valence electrons. The van der Waals surface area contributed by atoms with Crippen molar-refractivity contribution in [2.75, 3.05) is 18.8 Å². The van der Waals surface area contributed by atoms with Gasteiger partial charge in [-0.25, -0.2) is 12.8 Å². The lowest BCUT2D eigenvalue weighted by Gasteiger charge is -2.21. The van der Waals surface area contributed by atoms with Gasteiger partial charge in [-0.15, -0.1) is 0 Å². The van der Waals surface area contributed by atoms with Crippen molar-refractivity contribution in [2.45, 2.75) is 37.5 Å². The molecule has 0 aromatic heterocycles. The van der Waals surface area contributed by atoms with Crippen LogP contribution in [0.5, 0.6) is 0 Å². The van der Waals surface area contributed by atoms with Gasteiger partial charge >= 0.3 is 0 Å². The molecule has 1 aromatic carbocycles. The van der Waals surface area contributed by atoms with Crippen molar-refractivity contribution in [3.05, 3.63) is 24.0 Å². The summed E-state index contributed by atoms with van der Waals surface area (Å²) in [5.41, 5.74) is 5.63. The molecule has 0 saturated carbocycles. The van der Waals surface area contributed by atoms with Crippen LogP contribution in [0.15, 0.2) is 23.1 Å². The molecule has 2 rings (SSSR count). The Morgan fingerprint density at radius 3 is 2.75 bits per heavy atom. The lowest BCUT2D eigenvalue weighted by Crippen LogP contribution is -2.32. The summed E-state index contributed by atoms with van der Waals surface area (Å²) in [7, 11) is -3.62. The maximum Gasteiger partial charge on any atom is 0.245 e. The molecule has 1 atom stereocenters. The summed E-state index contributed by atoms with van der Waals surface area (Å²) in [5.74, 6) is 0.0594. The molecule has 1 aliphatic heterocycles. The fraction of sp³-hybridized carbons (Fsp3) is 0.571. The van der Waals surface area contributed by atoms with Crippen molar-refractivity contribution in [3.8, 4) is 0 Å². The van der Waals surface area contributed by atoms with E-state index in [0.717, 1.165) is 37.8 Å². The summed E-state index contributed by atoms with van der Waals surface area (Å²) in [6.45, 7) is 3.15. The third kappa shape index (κ3) is 3.12. The van der Waals surface area contributed by atoms with Crippen LogP contribution in [0.3, 0.4) is 0 Å². The van der Waals surface area contributed by atoms with E-state index in [1.54, 1.807) is 0 Å². The van der Waals surface area contributed by atoms with E-state index in [9.17, 15) is 12.8 Å². The molecule has 1 heterocycles. The van der Waals surface area contributed by atoms with Gasteiger partial charge in [-0.1, -0.05) is 13.3 Å². The molecule has 20 heavy (non-hydrogen) atoms. The van der Waals surface area contributed by atoms with Gasteiger partial charge in [-0.3, -0.25) is 0 Å². The molecule has 0 amide bonds. The third-order valence-corrected chi connectivity index (χ3v) is 5.95. The van der Waals surface area contributed by atoms with Gasteiger partial charge in [0, 0.05) is 13.1 Å². The third-order valence-electron chi connectivity index (χ3n) is 3.97. The van der Waals surface area contributed by atoms with Crippen LogP contribution in [0.25, 0.3) is 0 Å². The molecule has 6 heteroatoms. The van der Waals surface area contributed by atoms with E-state index in [0.29, 0.717) is 19.0 Å². The second kappa shape index (κ2) is 6.10. The lowest BCUT2D eigenvalue weighted by atomic mass is 9.98. The van der Waals surface area contributed by atoms with Crippen molar-refractivity contribution in [1.29, 1.82) is 0 Å². The average Bonchev–Trinajstić information content (AvgIpc) is 2.63. The fourth-order valence-electron chi connectivity index (χ4n) is 2.68. The van der Waals surface area contributed by atoms with Gasteiger partial charge in [-0.2, -0.15) is 4.31 Å². The first-order chi connectivity index (χ1) is 9.45. The number of hydrogen-bond donors (Lipinski definition) is 1. The highest BCUT2D eigenvalue weighted by Gasteiger charge is 2.28. The van der Waals surface area contributed by atoms with Crippen molar-refractivity contribution in [3.63, 3.8) is 0 Å². The molecule has 1 saturated heterocycles. The number of hydrogen-bond acceptors (Lipinski definition) is 3. The summed E-state index contributed by atoms with van der Waals surface area (Å²) in [5, 5.41) is 0. The van der Waals surface area contributed by atoms with Gasteiger partial charge in [0.05, 0.1) is 5.69 Å². The second-order valence-electron chi connectivity index (χ2n) is 5.29. The zero-order valence-corrected chi connectivity index (χ0v) is 12.5. The summed E-state index contributed by atoms with van der Waals surface area (Å²) in [6.07, 6.45) is 3.86. The average molecular weight is 300 g/mol. The van der Waals surface area contributed by atoms with Crippen LogP contribution in [-0.4, -0.2) is 25.8 Å². The Kier molecular flexibility index (Phi) is 4.65. The first-order valence-corrected chi connectivity index (χ1v) is 8.44. The Balaban J connectivity index is 2.25. The van der Waals surface area contributed by atoms with Crippen molar-refractivity contribution in [2.24, 2.45) is 5.92 Å². The molecule has 0 spiro atoms. The smallest absolute Gasteiger partial charge is 0.245 e. The molecule has 1 aromatic rings. The van der Waals surface area contributed by atoms with Crippen molar-refractivity contribution in [1.82, 2.24) is 4.31 Å². The standard InChI is InChI=1S/C14H21FN2O2S/c1-2-11-4-3-8-17(9-7-11)20(18,19)14-6-5-12(15)10-13(14)16/h5-6,10-11H,2-4,7-9,16H2,1H3. The quantitative estimate of drug-likeness (QED) is 0.873. The number of benzene rings is 1. The Morgan fingerprint density at radius 2 is 2.10 bits per heavy atom. The Morgan fingerprint density at radius 1 is 1.35 bits per heavy atom. The van der Waals surface area contributed by atoms with Gasteiger partial charge in [0.25, 0.3) is 0 Å². The molecule has 0 radical (unpaired) electrons. The van der Waals surface area contributed by atoms with E-state index in [1.807, 2.05) is 0 Å². The topological polar surface area (TPSA) is 63.4 Å². The van der Waals surface area contributed by atoms with Crippen LogP contribution >= 0.6 is 0 Å². The van der Waals surface area contributed by atoms with E-state index < -0.39 is 15.8 Å². The molecule has 0 bridgehead atoms. The zero-order valence-electron chi connectivity index (χ0n) is 11.7. The minimum atomic E-state index is -3.62. The highest BCUT2D eigenvalue weighted by Crippen LogP contribution is 2.27. The number of nitrogen functional groups attached to an aromatic ring is 1. The van der Waals surface area contributed by atoms with Crippen LogP contribution < -0.4 is 5.73 Å². The van der Waals surface area contributed by atoms with E-state index in [2.05, 4.69) is 6.92 Å². The second-order valence-corrected chi connectivity index (χ2v) is 7.20. The number of halogens is 1. The molecule has 2 N–H and O–H groups in total. The Labute approximate surface area is 119 Å². The van der Waals surface area contributed by atoms with Gasteiger partial charge in [-0.05, 0) is 43.4 Å². The van der Waals surface area contributed by atoms with E-state index in [4.69, 9.17) is 5.73 Å². The maximum atomic E-state index is 13.1. The van der Waals surface area contributed by atoms with Crippen LogP contribution in [-0.2, 0) is 10.0 Å². The largest absolute Gasteiger partial charge is 0.398 e. The van der Waals surface area contributed by atoms with Crippen LogP contribution in [0.4, 0.5) is 10.1 Å². The van der Waals surface area contributed by atoms with Crippen LogP contribution in [0.1, 0.15) is 32.6 Å². The number of rotatable bonds is 3. The van der Waals surface area contributed by atoms with Crippen molar-refractivity contribution >= 4 is 15.7 Å². The first-order valence-electron chi connectivity index (χ1n) is 7.00. The SMILES string of the molecule is CCC1CCCN(S(=O)(=O)c2ccc(F)cc2N)CC1. The van der Waals surface area contributed by atoms with Crippen LogP contribution in [0.2, 0.25) is 0 Å².